The van der Waals surface area contributed by atoms with E-state index >= 15 is 0 Å². The van der Waals surface area contributed by atoms with Crippen molar-refractivity contribution in [3.8, 4) is 44.8 Å². The normalized spacial score (nSPS) is 11.2. The zero-order chi connectivity index (χ0) is 25.3. The Labute approximate surface area is 221 Å². The summed E-state index contributed by atoms with van der Waals surface area (Å²) in [5.74, 6) is 0. The van der Waals surface area contributed by atoms with Crippen molar-refractivity contribution in [3.05, 3.63) is 140 Å². The van der Waals surface area contributed by atoms with E-state index in [4.69, 9.17) is 9.97 Å². The molecule has 0 saturated carbocycles. The molecule has 0 N–H and O–H groups in total. The van der Waals surface area contributed by atoms with E-state index in [1.54, 1.807) is 6.20 Å². The Balaban J connectivity index is 1.41. The second-order valence-electron chi connectivity index (χ2n) is 9.30. The van der Waals surface area contributed by atoms with E-state index in [0.29, 0.717) is 0 Å². The molecule has 3 nitrogen and oxygen atoms in total. The van der Waals surface area contributed by atoms with Gasteiger partial charge in [-0.1, -0.05) is 109 Å². The van der Waals surface area contributed by atoms with Gasteiger partial charge >= 0.3 is 0 Å². The molecule has 38 heavy (non-hydrogen) atoms. The molecule has 0 aliphatic rings. The summed E-state index contributed by atoms with van der Waals surface area (Å²) in [4.78, 5) is 14.5. The average Bonchev–Trinajstić information content (AvgIpc) is 3.01. The molecule has 0 amide bonds. The van der Waals surface area contributed by atoms with Crippen molar-refractivity contribution in [1.29, 1.82) is 0 Å². The lowest BCUT2D eigenvalue weighted by atomic mass is 9.92. The topological polar surface area (TPSA) is 38.7 Å². The number of hydrogen-bond acceptors (Lipinski definition) is 3. The lowest BCUT2D eigenvalue weighted by molar-refractivity contribution is 1.30. The zero-order valence-electron chi connectivity index (χ0n) is 20.6. The molecular weight excluding hydrogens is 462 g/mol. The van der Waals surface area contributed by atoms with E-state index in [1.807, 2.05) is 54.7 Å². The number of pyridine rings is 1. The van der Waals surface area contributed by atoms with Gasteiger partial charge in [0, 0.05) is 23.5 Å². The first-order valence-corrected chi connectivity index (χ1v) is 12.7. The molecule has 0 atom stereocenters. The summed E-state index contributed by atoms with van der Waals surface area (Å²) in [7, 11) is 0. The summed E-state index contributed by atoms with van der Waals surface area (Å²) in [6.45, 7) is 0. The summed E-state index contributed by atoms with van der Waals surface area (Å²) in [5.41, 5.74) is 10.3. The molecule has 3 heteroatoms. The summed E-state index contributed by atoms with van der Waals surface area (Å²) in [6, 6.07) is 44.1. The van der Waals surface area contributed by atoms with Gasteiger partial charge in [-0.2, -0.15) is 0 Å². The van der Waals surface area contributed by atoms with E-state index in [0.717, 1.165) is 50.1 Å². The van der Waals surface area contributed by atoms with Crippen LogP contribution in [0.5, 0.6) is 0 Å². The highest BCUT2D eigenvalue weighted by molar-refractivity contribution is 6.06. The van der Waals surface area contributed by atoms with Crippen molar-refractivity contribution in [3.63, 3.8) is 0 Å². The largest absolute Gasteiger partial charge is 0.264 e. The molecule has 178 valence electrons. The van der Waals surface area contributed by atoms with Crippen molar-refractivity contribution in [2.45, 2.75) is 0 Å². The number of para-hydroxylation sites is 2. The fourth-order valence-corrected chi connectivity index (χ4v) is 5.12. The fraction of sp³-hybridized carbons (Fsp3) is 0. The predicted molar refractivity (Wildman–Crippen MR) is 157 cm³/mol. The summed E-state index contributed by atoms with van der Waals surface area (Å²) >= 11 is 0. The molecule has 0 aliphatic heterocycles. The first-order chi connectivity index (χ1) is 18.8. The van der Waals surface area contributed by atoms with Crippen LogP contribution in [0, 0.1) is 0 Å². The van der Waals surface area contributed by atoms with E-state index in [1.165, 1.54) is 16.5 Å². The third-order valence-electron chi connectivity index (χ3n) is 6.99. The molecule has 0 fully saturated rings. The van der Waals surface area contributed by atoms with Crippen molar-refractivity contribution in [2.24, 2.45) is 0 Å². The van der Waals surface area contributed by atoms with Crippen molar-refractivity contribution in [1.82, 2.24) is 15.0 Å². The van der Waals surface area contributed by atoms with Gasteiger partial charge in [0.15, 0.2) is 0 Å². The summed E-state index contributed by atoms with van der Waals surface area (Å²) < 4.78 is 0. The Morgan fingerprint density at radius 2 is 0.947 bits per heavy atom. The van der Waals surface area contributed by atoms with Gasteiger partial charge in [-0.3, -0.25) is 4.98 Å². The maximum Gasteiger partial charge on any atom is 0.0979 e. The zero-order valence-corrected chi connectivity index (χ0v) is 20.6. The Kier molecular flexibility index (Phi) is 5.45. The third kappa shape index (κ3) is 3.91. The van der Waals surface area contributed by atoms with Crippen LogP contribution in [0.2, 0.25) is 0 Å². The van der Waals surface area contributed by atoms with Gasteiger partial charge in [0.1, 0.15) is 0 Å². The SMILES string of the molecule is c1ccc(-c2nc3ccccc3nc2-c2ccc(-c3ccc(-c4cccnc4)cc3)c3ccccc23)cc1. The van der Waals surface area contributed by atoms with E-state index in [-0.39, 0.29) is 0 Å². The minimum absolute atomic E-state index is 0.890. The standard InChI is InChI=1S/C35H23N3/c1-2-9-26(10-3-1)34-35(38-33-15-7-6-14-32(33)37-34)31-21-20-28(29-12-4-5-13-30(29)31)25-18-16-24(17-19-25)27-11-8-22-36-23-27/h1-23H. The average molecular weight is 486 g/mol. The molecule has 0 radical (unpaired) electrons. The van der Waals surface area contributed by atoms with Gasteiger partial charge in [-0.25, -0.2) is 9.97 Å². The lowest BCUT2D eigenvalue weighted by Gasteiger charge is -2.15. The summed E-state index contributed by atoms with van der Waals surface area (Å²) in [5, 5.41) is 2.34. The Hall–Kier alpha value is -5.15. The van der Waals surface area contributed by atoms with Gasteiger partial charge < -0.3 is 0 Å². The number of hydrogen-bond donors (Lipinski definition) is 0. The molecule has 0 bridgehead atoms. The van der Waals surface area contributed by atoms with Crippen molar-refractivity contribution < 1.29 is 0 Å². The van der Waals surface area contributed by atoms with Crippen LogP contribution in [0.25, 0.3) is 66.6 Å². The Morgan fingerprint density at radius 1 is 0.368 bits per heavy atom. The van der Waals surface area contributed by atoms with E-state index < -0.39 is 0 Å². The van der Waals surface area contributed by atoms with Crippen LogP contribution >= 0.6 is 0 Å². The van der Waals surface area contributed by atoms with E-state index in [2.05, 4.69) is 83.8 Å². The molecule has 0 aliphatic carbocycles. The minimum atomic E-state index is 0.890. The molecule has 2 heterocycles. The number of nitrogens with zero attached hydrogens (tertiary/aromatic N) is 3. The van der Waals surface area contributed by atoms with Gasteiger partial charge in [0.05, 0.1) is 22.4 Å². The maximum absolute atomic E-state index is 5.15. The highest BCUT2D eigenvalue weighted by Crippen LogP contribution is 2.39. The Morgan fingerprint density at radius 3 is 1.66 bits per heavy atom. The van der Waals surface area contributed by atoms with Crippen LogP contribution in [0.15, 0.2) is 140 Å². The van der Waals surface area contributed by atoms with Crippen LogP contribution in [-0.2, 0) is 0 Å². The molecule has 0 saturated heterocycles. The number of benzene rings is 5. The number of fused-ring (bicyclic) bond motifs is 2. The number of rotatable bonds is 4. The van der Waals surface area contributed by atoms with Crippen LogP contribution in [0.3, 0.4) is 0 Å². The fourth-order valence-electron chi connectivity index (χ4n) is 5.12. The molecule has 7 aromatic rings. The minimum Gasteiger partial charge on any atom is -0.264 e. The number of aromatic nitrogens is 3. The predicted octanol–water partition coefficient (Wildman–Crippen LogP) is 8.85. The van der Waals surface area contributed by atoms with Crippen LogP contribution in [0.1, 0.15) is 0 Å². The molecular formula is C35H23N3. The van der Waals surface area contributed by atoms with Crippen molar-refractivity contribution in [2.75, 3.05) is 0 Å². The monoisotopic (exact) mass is 485 g/mol. The van der Waals surface area contributed by atoms with Crippen LogP contribution in [-0.4, -0.2) is 15.0 Å². The van der Waals surface area contributed by atoms with Crippen LogP contribution < -0.4 is 0 Å². The third-order valence-corrected chi connectivity index (χ3v) is 6.99. The summed E-state index contributed by atoms with van der Waals surface area (Å²) in [6.07, 6.45) is 3.70. The molecule has 0 unspecified atom stereocenters. The highest BCUT2D eigenvalue weighted by atomic mass is 14.8. The van der Waals surface area contributed by atoms with Gasteiger partial charge in [0.25, 0.3) is 0 Å². The first-order valence-electron chi connectivity index (χ1n) is 12.7. The molecule has 0 spiro atoms. The second-order valence-corrected chi connectivity index (χ2v) is 9.30. The van der Waals surface area contributed by atoms with Crippen LogP contribution in [0.4, 0.5) is 0 Å². The van der Waals surface area contributed by atoms with Gasteiger partial charge in [0.2, 0.25) is 0 Å². The second kappa shape index (κ2) is 9.38. The smallest absolute Gasteiger partial charge is 0.0979 e. The van der Waals surface area contributed by atoms with Crippen molar-refractivity contribution >= 4 is 21.8 Å². The highest BCUT2D eigenvalue weighted by Gasteiger charge is 2.17. The molecule has 5 aromatic carbocycles. The first kappa shape index (κ1) is 22.1. The Bertz CT molecular complexity index is 1890. The maximum atomic E-state index is 5.15. The molecule has 2 aromatic heterocycles. The van der Waals surface area contributed by atoms with Gasteiger partial charge in [-0.05, 0) is 51.2 Å². The lowest BCUT2D eigenvalue weighted by Crippen LogP contribution is -1.96. The van der Waals surface area contributed by atoms with Gasteiger partial charge in [-0.15, -0.1) is 0 Å². The molecule has 7 rings (SSSR count). The van der Waals surface area contributed by atoms with E-state index in [9.17, 15) is 0 Å². The quantitative estimate of drug-likeness (QED) is 0.250.